The number of benzene rings is 2. The number of carbonyl (C=O) groups is 1. The smallest absolute Gasteiger partial charge is 0.128 e. The third-order valence-electron chi connectivity index (χ3n) is 3.15. The number of carboxylic acid groups (broad SMARTS) is 1. The van der Waals surface area contributed by atoms with E-state index in [9.17, 15) is 9.90 Å². The van der Waals surface area contributed by atoms with Gasteiger partial charge in [-0.3, -0.25) is 5.10 Å². The summed E-state index contributed by atoms with van der Waals surface area (Å²) in [4.78, 5) is 10.4. The van der Waals surface area contributed by atoms with Crippen LogP contribution in [0.15, 0.2) is 48.5 Å². The molecule has 0 saturated carbocycles. The first-order valence-electron chi connectivity index (χ1n) is 6.76. The minimum absolute atomic E-state index is 0.461. The van der Waals surface area contributed by atoms with Crippen LogP contribution in [0.5, 0.6) is 5.75 Å². The highest BCUT2D eigenvalue weighted by Gasteiger charge is 2.01. The Morgan fingerprint density at radius 3 is 2.91 bits per heavy atom. The van der Waals surface area contributed by atoms with Crippen LogP contribution in [-0.4, -0.2) is 22.8 Å². The molecular formula is C17H13N2O3-. The average molecular weight is 293 g/mol. The van der Waals surface area contributed by atoms with Crippen molar-refractivity contribution in [2.24, 2.45) is 0 Å². The van der Waals surface area contributed by atoms with E-state index in [1.165, 1.54) is 0 Å². The molecule has 0 unspecified atom stereocenters. The molecule has 0 aliphatic carbocycles. The van der Waals surface area contributed by atoms with Gasteiger partial charge in [-0.2, -0.15) is 5.10 Å². The number of nitrogens with one attached hydrogen (secondary N) is 1. The highest BCUT2D eigenvalue weighted by Crippen LogP contribution is 2.19. The molecule has 3 rings (SSSR count). The fraction of sp³-hybridized carbons (Fsp3) is 0.0588. The number of aromatic amines is 1. The van der Waals surface area contributed by atoms with Gasteiger partial charge in [0, 0.05) is 5.39 Å². The van der Waals surface area contributed by atoms with Gasteiger partial charge in [0.25, 0.3) is 0 Å². The Morgan fingerprint density at radius 1 is 1.18 bits per heavy atom. The normalized spacial score (nSPS) is 11.1. The quantitative estimate of drug-likeness (QED) is 0.779. The van der Waals surface area contributed by atoms with Gasteiger partial charge in [-0.25, -0.2) is 0 Å². The van der Waals surface area contributed by atoms with E-state index < -0.39 is 12.6 Å². The second-order valence-electron chi connectivity index (χ2n) is 4.72. The lowest BCUT2D eigenvalue weighted by Crippen LogP contribution is -2.28. The van der Waals surface area contributed by atoms with E-state index in [0.29, 0.717) is 5.75 Å². The minimum Gasteiger partial charge on any atom is -0.546 e. The molecule has 1 aromatic heterocycles. The number of aliphatic carboxylic acids is 1. The van der Waals surface area contributed by atoms with Crippen LogP contribution in [-0.2, 0) is 4.79 Å². The standard InChI is InChI=1S/C17H14N2O3/c20-17(21)11-22-13-5-3-4-12(10-13)8-9-16-14-6-1-2-7-15(14)18-19-16/h1-10H,11H2,(H,18,19)(H,20,21)/p-1/b9-8+. The number of hydrogen-bond donors (Lipinski definition) is 1. The summed E-state index contributed by atoms with van der Waals surface area (Å²) in [6, 6.07) is 15.0. The molecule has 0 fully saturated rings. The molecule has 0 atom stereocenters. The SMILES string of the molecule is O=C([O-])COc1cccc(/C=C/c2n[nH]c3ccccc23)c1. The van der Waals surface area contributed by atoms with E-state index in [4.69, 9.17) is 4.74 Å². The van der Waals surface area contributed by atoms with E-state index in [2.05, 4.69) is 10.2 Å². The van der Waals surface area contributed by atoms with Crippen molar-refractivity contribution in [3.63, 3.8) is 0 Å². The number of carbonyl (C=O) groups excluding carboxylic acids is 1. The van der Waals surface area contributed by atoms with Crippen molar-refractivity contribution in [2.45, 2.75) is 0 Å². The van der Waals surface area contributed by atoms with Gasteiger partial charge >= 0.3 is 0 Å². The Kier molecular flexibility index (Phi) is 3.87. The average Bonchev–Trinajstić information content (AvgIpc) is 2.95. The lowest BCUT2D eigenvalue weighted by Gasteiger charge is -2.06. The molecular weight excluding hydrogens is 280 g/mol. The van der Waals surface area contributed by atoms with Crippen LogP contribution in [0, 0.1) is 0 Å². The van der Waals surface area contributed by atoms with Crippen LogP contribution in [0.3, 0.4) is 0 Å². The van der Waals surface area contributed by atoms with Gasteiger partial charge in [0.15, 0.2) is 0 Å². The first kappa shape index (κ1) is 13.9. The van der Waals surface area contributed by atoms with Gasteiger partial charge < -0.3 is 14.6 Å². The topological polar surface area (TPSA) is 78.0 Å². The Labute approximate surface area is 126 Å². The Balaban J connectivity index is 1.80. The van der Waals surface area contributed by atoms with Gasteiger partial charge in [0.05, 0.1) is 17.2 Å². The Morgan fingerprint density at radius 2 is 2.05 bits per heavy atom. The molecule has 0 amide bonds. The zero-order chi connectivity index (χ0) is 15.4. The fourth-order valence-corrected chi connectivity index (χ4v) is 2.14. The first-order valence-corrected chi connectivity index (χ1v) is 6.76. The maximum absolute atomic E-state index is 10.4. The number of H-pyrrole nitrogens is 1. The summed E-state index contributed by atoms with van der Waals surface area (Å²) in [6.45, 7) is -0.461. The summed E-state index contributed by atoms with van der Waals surface area (Å²) in [6.07, 6.45) is 3.80. The number of carboxylic acids is 1. The molecule has 2 aromatic carbocycles. The van der Waals surface area contributed by atoms with E-state index in [-0.39, 0.29) is 0 Å². The zero-order valence-electron chi connectivity index (χ0n) is 11.7. The number of para-hydroxylation sites is 1. The van der Waals surface area contributed by atoms with Crippen molar-refractivity contribution in [3.8, 4) is 5.75 Å². The van der Waals surface area contributed by atoms with Crippen molar-refractivity contribution in [2.75, 3.05) is 6.61 Å². The number of aromatic nitrogens is 2. The number of ether oxygens (including phenoxy) is 1. The van der Waals surface area contributed by atoms with Crippen LogP contribution in [0.4, 0.5) is 0 Å². The molecule has 5 nitrogen and oxygen atoms in total. The summed E-state index contributed by atoms with van der Waals surface area (Å²) in [5.74, 6) is -0.762. The molecule has 22 heavy (non-hydrogen) atoms. The molecule has 1 heterocycles. The predicted molar refractivity (Wildman–Crippen MR) is 82.0 cm³/mol. The molecule has 0 radical (unpaired) electrons. The Hall–Kier alpha value is -3.08. The van der Waals surface area contributed by atoms with Crippen molar-refractivity contribution < 1.29 is 14.6 Å². The highest BCUT2D eigenvalue weighted by molar-refractivity contribution is 5.89. The summed E-state index contributed by atoms with van der Waals surface area (Å²) in [5, 5.41) is 18.7. The van der Waals surface area contributed by atoms with Gasteiger partial charge in [-0.1, -0.05) is 36.4 Å². The maximum atomic E-state index is 10.4. The maximum Gasteiger partial charge on any atom is 0.128 e. The molecule has 3 aromatic rings. The number of rotatable bonds is 5. The third kappa shape index (κ3) is 3.15. The van der Waals surface area contributed by atoms with Gasteiger partial charge in [0.1, 0.15) is 12.4 Å². The second kappa shape index (κ2) is 6.13. The number of hydrogen-bond acceptors (Lipinski definition) is 4. The summed E-state index contributed by atoms with van der Waals surface area (Å²) in [5.41, 5.74) is 2.72. The summed E-state index contributed by atoms with van der Waals surface area (Å²) < 4.78 is 5.10. The summed E-state index contributed by atoms with van der Waals surface area (Å²) >= 11 is 0. The van der Waals surface area contributed by atoms with Crippen LogP contribution >= 0.6 is 0 Å². The molecule has 1 N–H and O–H groups in total. The lowest BCUT2D eigenvalue weighted by molar-refractivity contribution is -0.307. The molecule has 0 aliphatic heterocycles. The van der Waals surface area contributed by atoms with E-state index >= 15 is 0 Å². The van der Waals surface area contributed by atoms with Gasteiger partial charge in [-0.15, -0.1) is 0 Å². The molecule has 110 valence electrons. The number of nitrogens with zero attached hydrogens (tertiary/aromatic N) is 1. The van der Waals surface area contributed by atoms with Crippen molar-refractivity contribution >= 4 is 29.0 Å². The van der Waals surface area contributed by atoms with E-state index in [1.54, 1.807) is 18.2 Å². The highest BCUT2D eigenvalue weighted by atomic mass is 16.5. The van der Waals surface area contributed by atoms with E-state index in [0.717, 1.165) is 22.2 Å². The molecule has 0 saturated heterocycles. The largest absolute Gasteiger partial charge is 0.546 e. The number of fused-ring (bicyclic) bond motifs is 1. The fourth-order valence-electron chi connectivity index (χ4n) is 2.14. The predicted octanol–water partition coefficient (Wildman–Crippen LogP) is 1.86. The van der Waals surface area contributed by atoms with Crippen LogP contribution in [0.25, 0.3) is 23.1 Å². The third-order valence-corrected chi connectivity index (χ3v) is 3.15. The van der Waals surface area contributed by atoms with Crippen LogP contribution in [0.2, 0.25) is 0 Å². The van der Waals surface area contributed by atoms with Gasteiger partial charge in [0.2, 0.25) is 0 Å². The van der Waals surface area contributed by atoms with E-state index in [1.807, 2.05) is 42.5 Å². The van der Waals surface area contributed by atoms with Crippen LogP contribution < -0.4 is 9.84 Å². The van der Waals surface area contributed by atoms with Crippen molar-refractivity contribution in [1.82, 2.24) is 10.2 Å². The van der Waals surface area contributed by atoms with Crippen molar-refractivity contribution in [3.05, 3.63) is 59.8 Å². The summed E-state index contributed by atoms with van der Waals surface area (Å²) in [7, 11) is 0. The minimum atomic E-state index is -1.25. The monoisotopic (exact) mass is 293 g/mol. The van der Waals surface area contributed by atoms with Gasteiger partial charge in [-0.05, 0) is 29.8 Å². The molecule has 5 heteroatoms. The zero-order valence-corrected chi connectivity index (χ0v) is 11.7. The molecule has 0 aliphatic rings. The molecule has 0 bridgehead atoms. The molecule has 0 spiro atoms. The lowest BCUT2D eigenvalue weighted by atomic mass is 10.1. The second-order valence-corrected chi connectivity index (χ2v) is 4.72. The Bertz CT molecular complexity index is 837. The van der Waals surface area contributed by atoms with Crippen LogP contribution in [0.1, 0.15) is 11.3 Å². The first-order chi connectivity index (χ1) is 10.7. The van der Waals surface area contributed by atoms with Crippen molar-refractivity contribution in [1.29, 1.82) is 0 Å².